The monoisotopic (exact) mass is 489 g/mol. The third kappa shape index (κ3) is 5.21. The summed E-state index contributed by atoms with van der Waals surface area (Å²) < 4.78 is 13.1. The van der Waals surface area contributed by atoms with Crippen LogP contribution in [0.5, 0.6) is 5.75 Å². The number of carbonyl (C=O) groups is 1. The van der Waals surface area contributed by atoms with Gasteiger partial charge in [-0.15, -0.1) is 11.3 Å². The van der Waals surface area contributed by atoms with Gasteiger partial charge in [0.25, 0.3) is 11.5 Å². The number of ether oxygens (including phenoxy) is 2. The van der Waals surface area contributed by atoms with Crippen molar-refractivity contribution in [1.29, 1.82) is 5.26 Å². The van der Waals surface area contributed by atoms with Crippen molar-refractivity contribution < 1.29 is 14.3 Å². The molecule has 1 aliphatic rings. The fraction of sp³-hybridized carbons (Fsp3) is 0.296. The molecule has 0 N–H and O–H groups in total. The van der Waals surface area contributed by atoms with Gasteiger partial charge in [0, 0.05) is 13.1 Å². The van der Waals surface area contributed by atoms with Crippen LogP contribution in [0.1, 0.15) is 23.6 Å². The zero-order valence-corrected chi connectivity index (χ0v) is 20.9. The number of hydrogen-bond donors (Lipinski definition) is 0. The maximum absolute atomic E-state index is 13.6. The van der Waals surface area contributed by atoms with Crippen molar-refractivity contribution >= 4 is 28.9 Å². The Kier molecular flexibility index (Phi) is 7.49. The molecular formula is C27H27N3O4S. The molecule has 0 atom stereocenters. The van der Waals surface area contributed by atoms with E-state index in [1.165, 1.54) is 4.57 Å². The number of carbonyl (C=O) groups excluding carboxylic acids is 1. The summed E-state index contributed by atoms with van der Waals surface area (Å²) in [7, 11) is 0. The van der Waals surface area contributed by atoms with Crippen LogP contribution in [-0.2, 0) is 9.53 Å². The Morgan fingerprint density at radius 3 is 2.51 bits per heavy atom. The Labute approximate surface area is 207 Å². The van der Waals surface area contributed by atoms with E-state index in [0.29, 0.717) is 53.5 Å². The standard InChI is InChI=1S/C27H27N3O4S/c1-4-34-22-9-7-21(8-10-22)30-26(32)24(16-20-6-5-18(2)15-19(20)3)35-27(30)23(17-28)25(31)29-11-13-33-14-12-29/h5-10,15-16H,4,11-14H2,1-3H3/b24-16+,27-23-. The molecule has 1 fully saturated rings. The summed E-state index contributed by atoms with van der Waals surface area (Å²) in [5.74, 6) is 0.284. The molecule has 35 heavy (non-hydrogen) atoms. The number of nitrogens with zero attached hydrogens (tertiary/aromatic N) is 3. The van der Waals surface area contributed by atoms with E-state index in [2.05, 4.69) is 12.1 Å². The molecule has 8 heteroatoms. The second-order valence-electron chi connectivity index (χ2n) is 8.23. The predicted octanol–water partition coefficient (Wildman–Crippen LogP) is 2.28. The van der Waals surface area contributed by atoms with Crippen LogP contribution in [-0.4, -0.2) is 48.3 Å². The highest BCUT2D eigenvalue weighted by Crippen LogP contribution is 2.15. The zero-order valence-electron chi connectivity index (χ0n) is 20.0. The van der Waals surface area contributed by atoms with Gasteiger partial charge < -0.3 is 14.4 Å². The van der Waals surface area contributed by atoms with Gasteiger partial charge in [-0.05, 0) is 62.2 Å². The summed E-state index contributed by atoms with van der Waals surface area (Å²) in [6.07, 6.45) is 1.82. The molecule has 1 saturated heterocycles. The highest BCUT2D eigenvalue weighted by molar-refractivity contribution is 7.07. The normalized spacial score (nSPS) is 15.0. The van der Waals surface area contributed by atoms with Gasteiger partial charge in [0.05, 0.1) is 30.0 Å². The number of rotatable bonds is 5. The molecule has 7 nitrogen and oxygen atoms in total. The smallest absolute Gasteiger partial charge is 0.273 e. The van der Waals surface area contributed by atoms with E-state index in [9.17, 15) is 14.9 Å². The first-order valence-electron chi connectivity index (χ1n) is 11.5. The van der Waals surface area contributed by atoms with Crippen molar-refractivity contribution in [2.24, 2.45) is 0 Å². The van der Waals surface area contributed by atoms with Crippen LogP contribution in [0, 0.1) is 25.2 Å². The average Bonchev–Trinajstić information content (AvgIpc) is 3.18. The van der Waals surface area contributed by atoms with Gasteiger partial charge in [-0.3, -0.25) is 14.2 Å². The Morgan fingerprint density at radius 2 is 1.89 bits per heavy atom. The molecule has 4 rings (SSSR count). The molecule has 2 aromatic carbocycles. The molecule has 0 radical (unpaired) electrons. The van der Waals surface area contributed by atoms with E-state index in [4.69, 9.17) is 9.47 Å². The van der Waals surface area contributed by atoms with Crippen LogP contribution in [0.3, 0.4) is 0 Å². The number of nitriles is 1. The van der Waals surface area contributed by atoms with Gasteiger partial charge in [-0.1, -0.05) is 23.8 Å². The molecule has 1 aliphatic heterocycles. The first-order chi connectivity index (χ1) is 16.9. The van der Waals surface area contributed by atoms with Gasteiger partial charge in [0.1, 0.15) is 16.5 Å². The summed E-state index contributed by atoms with van der Waals surface area (Å²) in [4.78, 5) is 28.5. The third-order valence-electron chi connectivity index (χ3n) is 5.78. The van der Waals surface area contributed by atoms with E-state index >= 15 is 0 Å². The molecule has 0 spiro atoms. The lowest BCUT2D eigenvalue weighted by atomic mass is 10.1. The molecule has 0 saturated carbocycles. The topological polar surface area (TPSA) is 84.6 Å². The van der Waals surface area contributed by atoms with Crippen molar-refractivity contribution in [2.45, 2.75) is 20.8 Å². The molecule has 2 heterocycles. The number of amides is 1. The number of thiazole rings is 1. The van der Waals surface area contributed by atoms with Gasteiger partial charge >= 0.3 is 0 Å². The highest BCUT2D eigenvalue weighted by atomic mass is 32.1. The Morgan fingerprint density at radius 1 is 1.17 bits per heavy atom. The van der Waals surface area contributed by atoms with E-state index in [1.807, 2.05) is 39.0 Å². The molecule has 0 bridgehead atoms. The van der Waals surface area contributed by atoms with Gasteiger partial charge in [-0.2, -0.15) is 5.26 Å². The van der Waals surface area contributed by atoms with Crippen LogP contribution in [0.15, 0.2) is 47.3 Å². The summed E-state index contributed by atoms with van der Waals surface area (Å²) >= 11 is 1.15. The molecule has 1 amide bonds. The SMILES string of the molecule is CCOc1ccc(-n2c(=O)/c(=C\c3ccc(C)cc3C)s/c2=C(/C#N)C(=O)N2CCOCC2)cc1. The quantitative estimate of drug-likeness (QED) is 0.549. The molecule has 1 aromatic heterocycles. The molecule has 3 aromatic rings. The fourth-order valence-corrected chi connectivity index (χ4v) is 5.07. The molecular weight excluding hydrogens is 462 g/mol. The van der Waals surface area contributed by atoms with Crippen LogP contribution in [0.4, 0.5) is 0 Å². The Bertz CT molecular complexity index is 1460. The van der Waals surface area contributed by atoms with E-state index in [1.54, 1.807) is 29.2 Å². The fourth-order valence-electron chi connectivity index (χ4n) is 3.98. The van der Waals surface area contributed by atoms with Crippen LogP contribution in [0.2, 0.25) is 0 Å². The summed E-state index contributed by atoms with van der Waals surface area (Å²) in [5, 5.41) is 10.0. The predicted molar refractivity (Wildman–Crippen MR) is 136 cm³/mol. The number of benzene rings is 2. The van der Waals surface area contributed by atoms with E-state index in [-0.39, 0.29) is 11.1 Å². The lowest BCUT2D eigenvalue weighted by Gasteiger charge is -2.26. The Balaban J connectivity index is 1.96. The van der Waals surface area contributed by atoms with Crippen molar-refractivity contribution in [3.8, 4) is 17.5 Å². The lowest BCUT2D eigenvalue weighted by Crippen LogP contribution is -2.42. The third-order valence-corrected chi connectivity index (χ3v) is 6.87. The van der Waals surface area contributed by atoms with Crippen LogP contribution < -0.4 is 19.5 Å². The number of aromatic nitrogens is 1. The second kappa shape index (κ2) is 10.7. The zero-order chi connectivity index (χ0) is 24.9. The van der Waals surface area contributed by atoms with Crippen molar-refractivity contribution in [1.82, 2.24) is 9.47 Å². The first kappa shape index (κ1) is 24.5. The number of aryl methyl sites for hydroxylation is 2. The van der Waals surface area contributed by atoms with Gasteiger partial charge in [-0.25, -0.2) is 0 Å². The lowest BCUT2D eigenvalue weighted by molar-refractivity contribution is -0.128. The minimum absolute atomic E-state index is 0.0526. The van der Waals surface area contributed by atoms with Gasteiger partial charge in [0.15, 0.2) is 5.57 Å². The van der Waals surface area contributed by atoms with Crippen molar-refractivity contribution in [3.63, 3.8) is 0 Å². The van der Waals surface area contributed by atoms with Gasteiger partial charge in [0.2, 0.25) is 0 Å². The number of morpholine rings is 1. The van der Waals surface area contributed by atoms with Crippen LogP contribution >= 0.6 is 11.3 Å². The minimum atomic E-state index is -0.394. The molecule has 180 valence electrons. The van der Waals surface area contributed by atoms with E-state index in [0.717, 1.165) is 28.0 Å². The number of hydrogen-bond acceptors (Lipinski definition) is 6. The Hall–Kier alpha value is -3.67. The summed E-state index contributed by atoms with van der Waals surface area (Å²) in [6.45, 7) is 8.10. The second-order valence-corrected chi connectivity index (χ2v) is 9.27. The van der Waals surface area contributed by atoms with Crippen LogP contribution in [0.25, 0.3) is 17.3 Å². The highest BCUT2D eigenvalue weighted by Gasteiger charge is 2.24. The maximum Gasteiger partial charge on any atom is 0.273 e. The maximum atomic E-state index is 13.6. The average molecular weight is 490 g/mol. The van der Waals surface area contributed by atoms with Crippen molar-refractivity contribution in [3.05, 3.63) is 78.7 Å². The minimum Gasteiger partial charge on any atom is -0.494 e. The summed E-state index contributed by atoms with van der Waals surface area (Å²) in [5.41, 5.74) is 3.32. The summed E-state index contributed by atoms with van der Waals surface area (Å²) in [6, 6.07) is 15.2. The first-order valence-corrected chi connectivity index (χ1v) is 12.3. The van der Waals surface area contributed by atoms with E-state index < -0.39 is 5.91 Å². The van der Waals surface area contributed by atoms with Crippen molar-refractivity contribution in [2.75, 3.05) is 32.9 Å². The molecule has 0 unspecified atom stereocenters. The molecule has 0 aliphatic carbocycles. The largest absolute Gasteiger partial charge is 0.494 e.